The molecule has 3 aliphatic heterocycles. The fraction of sp³-hybridized carbons (Fsp3) is 0.391. The van der Waals surface area contributed by atoms with Gasteiger partial charge in [-0.15, -0.1) is 0 Å². The normalized spacial score (nSPS) is 26.1. The van der Waals surface area contributed by atoms with Gasteiger partial charge in [-0.3, -0.25) is 10.00 Å². The molecule has 6 nitrogen and oxygen atoms in total. The van der Waals surface area contributed by atoms with Gasteiger partial charge in [0.1, 0.15) is 12.7 Å². The molecule has 2 unspecified atom stereocenters. The third-order valence-corrected chi connectivity index (χ3v) is 6.80. The second kappa shape index (κ2) is 6.75. The van der Waals surface area contributed by atoms with Crippen molar-refractivity contribution in [2.45, 2.75) is 50.0 Å². The topological polar surface area (TPSA) is 63.3 Å². The zero-order valence-electron chi connectivity index (χ0n) is 17.0. The number of fused-ring (bicyclic) bond motifs is 5. The highest BCUT2D eigenvalue weighted by Gasteiger charge is 2.56. The Morgan fingerprint density at radius 2 is 2.03 bits per heavy atom. The summed E-state index contributed by atoms with van der Waals surface area (Å²) >= 11 is 0. The van der Waals surface area contributed by atoms with Gasteiger partial charge in [0, 0.05) is 48.7 Å². The minimum Gasteiger partial charge on any atom is -0.474 e. The first-order valence-corrected chi connectivity index (χ1v) is 10.5. The maximum atomic E-state index is 14.2. The molecule has 0 saturated carbocycles. The van der Waals surface area contributed by atoms with Crippen LogP contribution < -0.4 is 9.47 Å². The maximum absolute atomic E-state index is 14.2. The Labute approximate surface area is 178 Å². The number of benzene rings is 1. The van der Waals surface area contributed by atoms with Gasteiger partial charge < -0.3 is 9.47 Å². The van der Waals surface area contributed by atoms with Crippen molar-refractivity contribution in [3.8, 4) is 34.0 Å². The number of H-pyrrole nitrogens is 1. The van der Waals surface area contributed by atoms with Gasteiger partial charge in [0.15, 0.2) is 0 Å². The van der Waals surface area contributed by atoms with Crippen LogP contribution in [0.5, 0.6) is 11.8 Å². The number of aromatic amines is 1. The van der Waals surface area contributed by atoms with Gasteiger partial charge in [-0.05, 0) is 35.9 Å². The number of piperidine rings is 1. The monoisotopic (exact) mass is 424 g/mol. The van der Waals surface area contributed by atoms with Gasteiger partial charge in [0.2, 0.25) is 11.8 Å². The number of nitrogens with one attached hydrogen (secondary N) is 1. The zero-order chi connectivity index (χ0) is 21.2. The third-order valence-electron chi connectivity index (χ3n) is 6.80. The zero-order valence-corrected chi connectivity index (χ0v) is 17.0. The Hall–Kier alpha value is -3.00. The van der Waals surface area contributed by atoms with E-state index >= 15 is 0 Å². The lowest BCUT2D eigenvalue weighted by molar-refractivity contribution is -0.0479. The predicted molar refractivity (Wildman–Crippen MR) is 110 cm³/mol. The molecule has 3 aromatic rings. The molecule has 8 heteroatoms. The van der Waals surface area contributed by atoms with Gasteiger partial charge in [0.05, 0.1) is 12.2 Å². The van der Waals surface area contributed by atoms with Gasteiger partial charge in [-0.2, -0.15) is 10.1 Å². The molecule has 3 aliphatic rings. The molecule has 0 spiro atoms. The highest BCUT2D eigenvalue weighted by Crippen LogP contribution is 2.46. The molecule has 2 saturated heterocycles. The van der Waals surface area contributed by atoms with Crippen molar-refractivity contribution in [1.29, 1.82) is 0 Å². The Kier molecular flexibility index (Phi) is 4.08. The van der Waals surface area contributed by atoms with Crippen molar-refractivity contribution < 1.29 is 18.3 Å². The second-order valence-electron chi connectivity index (χ2n) is 8.66. The first-order chi connectivity index (χ1) is 15.0. The van der Waals surface area contributed by atoms with E-state index in [4.69, 9.17) is 9.47 Å². The van der Waals surface area contributed by atoms with E-state index in [-0.39, 0.29) is 18.6 Å². The van der Waals surface area contributed by atoms with Crippen molar-refractivity contribution in [3.05, 3.63) is 48.3 Å². The summed E-state index contributed by atoms with van der Waals surface area (Å²) in [5, 5.41) is 6.84. The Morgan fingerprint density at radius 1 is 1.16 bits per heavy atom. The van der Waals surface area contributed by atoms with E-state index in [1.807, 2.05) is 12.3 Å². The number of halogens is 2. The third kappa shape index (κ3) is 3.08. The number of alkyl halides is 2. The van der Waals surface area contributed by atoms with Crippen molar-refractivity contribution in [2.24, 2.45) is 0 Å². The van der Waals surface area contributed by atoms with Crippen LogP contribution in [0.1, 0.15) is 24.8 Å². The van der Waals surface area contributed by atoms with Crippen molar-refractivity contribution in [2.75, 3.05) is 7.05 Å². The van der Waals surface area contributed by atoms with Gasteiger partial charge in [-0.25, -0.2) is 8.78 Å². The molecular weight excluding hydrogens is 402 g/mol. The number of nitrogens with zero attached hydrogens (tertiary/aromatic N) is 3. The summed E-state index contributed by atoms with van der Waals surface area (Å²) in [5.74, 6) is -1.71. The molecule has 5 heterocycles. The molecule has 6 rings (SSSR count). The minimum atomic E-state index is -2.65. The van der Waals surface area contributed by atoms with Gasteiger partial charge in [-0.1, -0.05) is 12.1 Å². The molecule has 3 atom stereocenters. The molecule has 1 N–H and O–H groups in total. The molecule has 1 aromatic carbocycles. The summed E-state index contributed by atoms with van der Waals surface area (Å²) in [6, 6.07) is 9.05. The van der Waals surface area contributed by atoms with E-state index in [1.165, 1.54) is 0 Å². The number of pyridine rings is 1. The number of aromatic nitrogens is 3. The average Bonchev–Trinajstić information content (AvgIpc) is 3.33. The molecular formula is C23H22F2N4O2. The van der Waals surface area contributed by atoms with E-state index in [2.05, 4.69) is 33.4 Å². The fourth-order valence-corrected chi connectivity index (χ4v) is 5.17. The van der Waals surface area contributed by atoms with Crippen LogP contribution in [0.15, 0.2) is 42.7 Å². The van der Waals surface area contributed by atoms with E-state index < -0.39 is 12.0 Å². The standard InChI is InChI=1S/C23H22F2N4O2/c1-29-16-7-17(8-20(29)23(24,25)9-16)31-21-5-4-19-18-3-2-13(15-10-26-27-11-15)6-14(18)12-30-22(19)28-21/h2-6,10-11,16-17,20H,7-9,12H2,1H3,(H,26,27)/t16?,17-,20?/m1/s1. The van der Waals surface area contributed by atoms with Crippen LogP contribution in [0.2, 0.25) is 0 Å². The Balaban J connectivity index is 1.23. The molecule has 160 valence electrons. The van der Waals surface area contributed by atoms with E-state index in [1.54, 1.807) is 24.2 Å². The van der Waals surface area contributed by atoms with Crippen molar-refractivity contribution >= 4 is 0 Å². The predicted octanol–water partition coefficient (Wildman–Crippen LogP) is 4.28. The lowest BCUT2D eigenvalue weighted by atomic mass is 9.95. The molecule has 2 fully saturated rings. The molecule has 2 aromatic heterocycles. The average molecular weight is 424 g/mol. The summed E-state index contributed by atoms with van der Waals surface area (Å²) in [6.07, 6.45) is 4.18. The lowest BCUT2D eigenvalue weighted by Gasteiger charge is -2.36. The van der Waals surface area contributed by atoms with Crippen LogP contribution in [0.3, 0.4) is 0 Å². The molecule has 0 amide bonds. The van der Waals surface area contributed by atoms with Crippen LogP contribution in [-0.2, 0) is 6.61 Å². The number of ether oxygens (including phenoxy) is 2. The van der Waals surface area contributed by atoms with E-state index in [0.717, 1.165) is 27.8 Å². The van der Waals surface area contributed by atoms with Crippen LogP contribution in [0.25, 0.3) is 22.3 Å². The van der Waals surface area contributed by atoms with Crippen LogP contribution >= 0.6 is 0 Å². The van der Waals surface area contributed by atoms with E-state index in [0.29, 0.717) is 31.2 Å². The van der Waals surface area contributed by atoms with Crippen molar-refractivity contribution in [1.82, 2.24) is 20.1 Å². The van der Waals surface area contributed by atoms with Gasteiger partial charge in [0.25, 0.3) is 5.92 Å². The first-order valence-electron chi connectivity index (χ1n) is 10.5. The number of hydrogen-bond acceptors (Lipinski definition) is 5. The summed E-state index contributed by atoms with van der Waals surface area (Å²) in [6.45, 7) is 0.412. The lowest BCUT2D eigenvalue weighted by Crippen LogP contribution is -2.47. The number of hydrogen-bond donors (Lipinski definition) is 1. The second-order valence-corrected chi connectivity index (χ2v) is 8.66. The van der Waals surface area contributed by atoms with Crippen LogP contribution in [-0.4, -0.2) is 51.2 Å². The Morgan fingerprint density at radius 3 is 2.84 bits per heavy atom. The maximum Gasteiger partial charge on any atom is 0.264 e. The highest BCUT2D eigenvalue weighted by atomic mass is 19.3. The summed E-state index contributed by atoms with van der Waals surface area (Å²) in [7, 11) is 1.78. The van der Waals surface area contributed by atoms with Crippen molar-refractivity contribution in [3.63, 3.8) is 0 Å². The minimum absolute atomic E-state index is 0.0909. The first kappa shape index (κ1) is 18.7. The van der Waals surface area contributed by atoms with Crippen LogP contribution in [0.4, 0.5) is 8.78 Å². The number of rotatable bonds is 3. The summed E-state index contributed by atoms with van der Waals surface area (Å²) in [5.41, 5.74) is 5.15. The van der Waals surface area contributed by atoms with Gasteiger partial charge >= 0.3 is 0 Å². The Bertz CT molecular complexity index is 1130. The quantitative estimate of drug-likeness (QED) is 0.680. The molecule has 0 radical (unpaired) electrons. The highest BCUT2D eigenvalue weighted by molar-refractivity contribution is 5.77. The summed E-state index contributed by atoms with van der Waals surface area (Å²) < 4.78 is 40.4. The molecule has 31 heavy (non-hydrogen) atoms. The fourth-order valence-electron chi connectivity index (χ4n) is 5.17. The molecule has 2 bridgehead atoms. The smallest absolute Gasteiger partial charge is 0.264 e. The molecule has 0 aliphatic carbocycles. The van der Waals surface area contributed by atoms with E-state index in [9.17, 15) is 8.78 Å². The SMILES string of the molecule is CN1C2C[C@@H](Oc3ccc4c(n3)OCc3cc(-c5cn[nH]c5)ccc3-4)CC1C(F)(F)C2. The van der Waals surface area contributed by atoms with Crippen LogP contribution in [0, 0.1) is 0 Å². The summed E-state index contributed by atoms with van der Waals surface area (Å²) in [4.78, 5) is 6.35. The largest absolute Gasteiger partial charge is 0.474 e.